The van der Waals surface area contributed by atoms with Crippen molar-refractivity contribution in [2.45, 2.75) is 77.7 Å². The van der Waals surface area contributed by atoms with Crippen molar-refractivity contribution >= 4 is 0 Å². The van der Waals surface area contributed by atoms with Crippen molar-refractivity contribution < 1.29 is 17.3 Å². The van der Waals surface area contributed by atoms with E-state index in [1.54, 1.807) is 4.90 Å². The third-order valence-corrected chi connectivity index (χ3v) is 5.81. The molecule has 1 aromatic carbocycles. The number of nitrogens with one attached hydrogen (secondary N) is 3. The molecule has 0 saturated carbocycles. The maximum atomic E-state index is 3.70. The molecule has 3 N–H and O–H groups in total. The van der Waals surface area contributed by atoms with Gasteiger partial charge in [-0.3, -0.25) is 4.90 Å². The highest BCUT2D eigenvalue weighted by Crippen LogP contribution is 2.28. The lowest BCUT2D eigenvalue weighted by atomic mass is 9.84. The van der Waals surface area contributed by atoms with Gasteiger partial charge in [0.05, 0.1) is 12.6 Å². The van der Waals surface area contributed by atoms with Crippen LogP contribution in [-0.2, 0) is 5.41 Å². The normalized spacial score (nSPS) is 32.6. The Balaban J connectivity index is 0.00000225. The van der Waals surface area contributed by atoms with Gasteiger partial charge in [0.15, 0.2) is 0 Å². The minimum Gasteiger partial charge on any atom is -1.00 e. The maximum absolute atomic E-state index is 3.70. The first-order chi connectivity index (χ1) is 11.3. The molecule has 0 spiro atoms. The summed E-state index contributed by atoms with van der Waals surface area (Å²) in [5, 5.41) is 7.33. The van der Waals surface area contributed by atoms with E-state index < -0.39 is 0 Å². The molecule has 0 radical (unpaired) electrons. The molecule has 0 aromatic heterocycles. The second-order valence-electron chi connectivity index (χ2n) is 8.76. The molecule has 0 aliphatic carbocycles. The van der Waals surface area contributed by atoms with E-state index in [0.717, 1.165) is 0 Å². The molecule has 1 fully saturated rings. The van der Waals surface area contributed by atoms with Gasteiger partial charge in [0.1, 0.15) is 0 Å². The molecule has 0 bridgehead atoms. The van der Waals surface area contributed by atoms with Crippen molar-refractivity contribution in [1.29, 1.82) is 0 Å². The molecule has 2 aliphatic heterocycles. The highest BCUT2D eigenvalue weighted by Gasteiger charge is 2.40. The maximum Gasteiger partial charge on any atom is 0.219 e. The van der Waals surface area contributed by atoms with Crippen molar-refractivity contribution in [3.05, 3.63) is 47.2 Å². The molecule has 5 atom stereocenters. The lowest BCUT2D eigenvalue weighted by Gasteiger charge is -2.35. The first kappa shape index (κ1) is 20.3. The average molecular weight is 364 g/mol. The first-order valence-electron chi connectivity index (χ1n) is 9.43. The summed E-state index contributed by atoms with van der Waals surface area (Å²) < 4.78 is 0. The number of likely N-dealkylation sites (tertiary alicyclic amines) is 1. The highest BCUT2D eigenvalue weighted by atomic mass is 35.5. The van der Waals surface area contributed by atoms with Crippen LogP contribution in [-0.4, -0.2) is 24.9 Å². The highest BCUT2D eigenvalue weighted by molar-refractivity contribution is 5.30. The average Bonchev–Trinajstić information content (AvgIpc) is 2.87. The van der Waals surface area contributed by atoms with Gasteiger partial charge in [0.25, 0.3) is 0 Å². The Morgan fingerprint density at radius 2 is 1.72 bits per heavy atom. The first-order valence-corrected chi connectivity index (χ1v) is 9.43. The van der Waals surface area contributed by atoms with Gasteiger partial charge in [-0.15, -0.1) is 0 Å². The Hall–Kier alpha value is -1.03. The number of hydrogen-bond acceptors (Lipinski definition) is 2. The monoisotopic (exact) mass is 363 g/mol. The van der Waals surface area contributed by atoms with E-state index >= 15 is 0 Å². The van der Waals surface area contributed by atoms with Crippen LogP contribution >= 0.6 is 0 Å². The zero-order valence-electron chi connectivity index (χ0n) is 16.5. The summed E-state index contributed by atoms with van der Waals surface area (Å²) in [6.07, 6.45) is 3.86. The molecule has 25 heavy (non-hydrogen) atoms. The Morgan fingerprint density at radius 1 is 1.08 bits per heavy atom. The van der Waals surface area contributed by atoms with Crippen molar-refractivity contribution in [1.82, 2.24) is 10.6 Å². The fraction of sp³-hybridized carbons (Fsp3) is 0.619. The number of hydrogen-bond donors (Lipinski definition) is 3. The summed E-state index contributed by atoms with van der Waals surface area (Å²) in [5.41, 5.74) is 4.45. The predicted octanol–water partition coefficient (Wildman–Crippen LogP) is -0.482. The minimum atomic E-state index is 0. The molecular formula is C21H34ClN3. The second kappa shape index (κ2) is 7.69. The van der Waals surface area contributed by atoms with Crippen molar-refractivity contribution in [2.24, 2.45) is 0 Å². The van der Waals surface area contributed by atoms with E-state index in [-0.39, 0.29) is 17.8 Å². The zero-order valence-corrected chi connectivity index (χ0v) is 17.2. The number of quaternary nitrogens is 1. The van der Waals surface area contributed by atoms with E-state index in [1.165, 1.54) is 29.8 Å². The van der Waals surface area contributed by atoms with Crippen LogP contribution in [0.2, 0.25) is 0 Å². The van der Waals surface area contributed by atoms with Crippen LogP contribution in [0, 0.1) is 0 Å². The SMILES string of the molecule is CC1=C[C@@H](C)N[C@H]([NH+]2CCC(c3ccc(C(C)(C)C)cc3)C2C)N1.[Cl-]. The topological polar surface area (TPSA) is 28.5 Å². The predicted molar refractivity (Wildman–Crippen MR) is 101 cm³/mol. The Bertz CT molecular complexity index is 603. The van der Waals surface area contributed by atoms with E-state index in [0.29, 0.717) is 24.3 Å². The van der Waals surface area contributed by atoms with Crippen molar-refractivity contribution in [3.63, 3.8) is 0 Å². The van der Waals surface area contributed by atoms with Gasteiger partial charge < -0.3 is 17.7 Å². The van der Waals surface area contributed by atoms with E-state index in [9.17, 15) is 0 Å². The molecule has 3 nitrogen and oxygen atoms in total. The fourth-order valence-corrected chi connectivity index (χ4v) is 4.35. The molecule has 3 unspecified atom stereocenters. The third kappa shape index (κ3) is 4.39. The Morgan fingerprint density at radius 3 is 2.28 bits per heavy atom. The summed E-state index contributed by atoms with van der Waals surface area (Å²) in [4.78, 5) is 1.64. The van der Waals surface area contributed by atoms with E-state index in [2.05, 4.69) is 82.5 Å². The molecule has 0 amide bonds. The van der Waals surface area contributed by atoms with Crippen LogP contribution in [0.1, 0.15) is 65.0 Å². The van der Waals surface area contributed by atoms with E-state index in [4.69, 9.17) is 0 Å². The van der Waals surface area contributed by atoms with Crippen LogP contribution in [0.4, 0.5) is 0 Å². The lowest BCUT2D eigenvalue weighted by molar-refractivity contribution is -0.942. The molecule has 4 heteroatoms. The molecule has 3 rings (SSSR count). The van der Waals surface area contributed by atoms with Gasteiger partial charge in [-0.1, -0.05) is 45.0 Å². The van der Waals surface area contributed by atoms with Crippen LogP contribution in [0.25, 0.3) is 0 Å². The summed E-state index contributed by atoms with van der Waals surface area (Å²) in [6, 6.07) is 10.4. The number of benzene rings is 1. The fourth-order valence-electron chi connectivity index (χ4n) is 4.35. The molecule has 1 aromatic rings. The summed E-state index contributed by atoms with van der Waals surface area (Å²) in [7, 11) is 0. The standard InChI is InChI=1S/C21H33N3.ClH/c1-14-13-15(2)23-20(22-14)24-12-11-19(16(24)3)17-7-9-18(10-8-17)21(4,5)6;/h7-10,13-14,16,19-20,22-23H,11-12H2,1-6H3;1H/t14-,16?,19?,20+;/m1./s1. The molecular weight excluding hydrogens is 330 g/mol. The smallest absolute Gasteiger partial charge is 0.219 e. The van der Waals surface area contributed by atoms with E-state index in [1.807, 2.05) is 0 Å². The number of allylic oxidation sites excluding steroid dienone is 1. The Labute approximate surface area is 159 Å². The second-order valence-corrected chi connectivity index (χ2v) is 8.76. The lowest BCUT2D eigenvalue weighted by Crippen LogP contribution is -3.21. The Kier molecular flexibility index (Phi) is 6.24. The largest absolute Gasteiger partial charge is 1.00 e. The van der Waals surface area contributed by atoms with Gasteiger partial charge in [0.2, 0.25) is 6.29 Å². The van der Waals surface area contributed by atoms with Gasteiger partial charge in [-0.2, -0.15) is 0 Å². The minimum absolute atomic E-state index is 0. The summed E-state index contributed by atoms with van der Waals surface area (Å²) >= 11 is 0. The van der Waals surface area contributed by atoms with Crippen LogP contribution in [0.3, 0.4) is 0 Å². The van der Waals surface area contributed by atoms with Gasteiger partial charge in [-0.05, 0) is 43.4 Å². The van der Waals surface area contributed by atoms with Crippen molar-refractivity contribution in [2.75, 3.05) is 6.54 Å². The molecule has 140 valence electrons. The zero-order chi connectivity index (χ0) is 17.5. The summed E-state index contributed by atoms with van der Waals surface area (Å²) in [5.74, 6) is 0.652. The molecule has 1 saturated heterocycles. The quantitative estimate of drug-likeness (QED) is 0.662. The summed E-state index contributed by atoms with van der Waals surface area (Å²) in [6.45, 7) is 14.9. The molecule has 2 heterocycles. The van der Waals surface area contributed by atoms with Crippen molar-refractivity contribution in [3.8, 4) is 0 Å². The van der Waals surface area contributed by atoms with Gasteiger partial charge in [0, 0.05) is 24.1 Å². The van der Waals surface area contributed by atoms with Crippen LogP contribution < -0.4 is 27.9 Å². The number of rotatable bonds is 2. The van der Waals surface area contributed by atoms with Crippen LogP contribution in [0.5, 0.6) is 0 Å². The van der Waals surface area contributed by atoms with Crippen LogP contribution in [0.15, 0.2) is 36.0 Å². The third-order valence-electron chi connectivity index (χ3n) is 5.81. The number of halogens is 1. The van der Waals surface area contributed by atoms with Gasteiger partial charge >= 0.3 is 0 Å². The van der Waals surface area contributed by atoms with Gasteiger partial charge in [-0.25, -0.2) is 5.32 Å². The molecule has 2 aliphatic rings.